The van der Waals surface area contributed by atoms with Crippen LogP contribution in [0, 0.1) is 10.1 Å². The second-order valence-corrected chi connectivity index (χ2v) is 7.21. The molecule has 0 bridgehead atoms. The van der Waals surface area contributed by atoms with E-state index in [0.29, 0.717) is 18.4 Å². The van der Waals surface area contributed by atoms with Crippen LogP contribution in [0.3, 0.4) is 0 Å². The van der Waals surface area contributed by atoms with Gasteiger partial charge in [-0.2, -0.15) is 0 Å². The topological polar surface area (TPSA) is 80.5 Å². The van der Waals surface area contributed by atoms with E-state index in [1.807, 2.05) is 4.90 Å². The molecule has 0 aliphatic carbocycles. The van der Waals surface area contributed by atoms with Crippen LogP contribution in [0.4, 0.5) is 11.4 Å². The molecule has 1 heterocycles. The first-order valence-electron chi connectivity index (χ1n) is 5.71. The Balaban J connectivity index is 2.28. The second kappa shape index (κ2) is 5.46. The average molecular weight is 349 g/mol. The van der Waals surface area contributed by atoms with Gasteiger partial charge in [-0.25, -0.2) is 8.42 Å². The molecular weight excluding hydrogens is 336 g/mol. The van der Waals surface area contributed by atoms with E-state index in [1.54, 1.807) is 6.07 Å². The minimum Gasteiger partial charge on any atom is -0.369 e. The fourth-order valence-corrected chi connectivity index (χ4v) is 3.70. The number of hydrogen-bond donors (Lipinski definition) is 0. The maximum Gasteiger partial charge on any atom is 0.269 e. The van der Waals surface area contributed by atoms with Gasteiger partial charge in [-0.15, -0.1) is 0 Å². The Morgan fingerprint density at radius 1 is 1.32 bits per heavy atom. The van der Waals surface area contributed by atoms with Crippen molar-refractivity contribution in [3.63, 3.8) is 0 Å². The van der Waals surface area contributed by atoms with Crippen molar-refractivity contribution < 1.29 is 13.3 Å². The molecule has 0 radical (unpaired) electrons. The molecule has 0 atom stereocenters. The molecule has 0 unspecified atom stereocenters. The molecule has 8 heteroatoms. The van der Waals surface area contributed by atoms with Gasteiger partial charge in [0.2, 0.25) is 0 Å². The van der Waals surface area contributed by atoms with Gasteiger partial charge < -0.3 is 4.90 Å². The number of nitro benzene ring substituents is 1. The molecule has 1 aromatic rings. The van der Waals surface area contributed by atoms with Crippen molar-refractivity contribution in [2.75, 3.05) is 29.5 Å². The smallest absolute Gasteiger partial charge is 0.269 e. The summed E-state index contributed by atoms with van der Waals surface area (Å²) in [6, 6.07) is 4.66. The number of anilines is 1. The number of nitrogens with zero attached hydrogens (tertiary/aromatic N) is 2. The largest absolute Gasteiger partial charge is 0.369 e. The zero-order valence-corrected chi connectivity index (χ0v) is 12.5. The zero-order chi connectivity index (χ0) is 14.0. The zero-order valence-electron chi connectivity index (χ0n) is 10.1. The molecule has 1 fully saturated rings. The van der Waals surface area contributed by atoms with Gasteiger partial charge in [-0.1, -0.05) is 15.9 Å². The quantitative estimate of drug-likeness (QED) is 0.472. The van der Waals surface area contributed by atoms with Crippen molar-refractivity contribution >= 4 is 37.1 Å². The summed E-state index contributed by atoms with van der Waals surface area (Å²) in [5, 5.41) is 11.2. The SMILES string of the molecule is O=[N+]([O-])c1ccc(N2CCS(=O)(=O)CC2)c(CBr)c1. The van der Waals surface area contributed by atoms with Crippen molar-refractivity contribution in [2.24, 2.45) is 0 Å². The van der Waals surface area contributed by atoms with E-state index in [4.69, 9.17) is 0 Å². The molecule has 104 valence electrons. The molecule has 6 nitrogen and oxygen atoms in total. The minimum absolute atomic E-state index is 0.0443. The first-order valence-corrected chi connectivity index (χ1v) is 8.66. The van der Waals surface area contributed by atoms with E-state index in [0.717, 1.165) is 11.3 Å². The number of nitro groups is 1. The number of benzene rings is 1. The summed E-state index contributed by atoms with van der Waals surface area (Å²) in [6.45, 7) is 0.861. The Bertz CT molecular complexity index is 589. The molecule has 0 N–H and O–H groups in total. The maximum absolute atomic E-state index is 11.4. The van der Waals surface area contributed by atoms with Gasteiger partial charge in [-0.05, 0) is 11.6 Å². The number of non-ortho nitro benzene ring substituents is 1. The van der Waals surface area contributed by atoms with E-state index in [9.17, 15) is 18.5 Å². The van der Waals surface area contributed by atoms with Gasteiger partial charge in [0.15, 0.2) is 9.84 Å². The summed E-state index contributed by atoms with van der Waals surface area (Å²) in [5.74, 6) is 0.261. The maximum atomic E-state index is 11.4. The van der Waals surface area contributed by atoms with Crippen LogP contribution >= 0.6 is 15.9 Å². The third-order valence-corrected chi connectivity index (χ3v) is 5.32. The molecule has 1 aliphatic heterocycles. The second-order valence-electron chi connectivity index (χ2n) is 4.34. The summed E-state index contributed by atoms with van der Waals surface area (Å²) < 4.78 is 22.8. The molecule has 1 aliphatic rings. The van der Waals surface area contributed by atoms with Crippen LogP contribution in [0.15, 0.2) is 18.2 Å². The van der Waals surface area contributed by atoms with E-state index in [-0.39, 0.29) is 17.2 Å². The summed E-state index contributed by atoms with van der Waals surface area (Å²) >= 11 is 3.31. The minimum atomic E-state index is -2.93. The van der Waals surface area contributed by atoms with Gasteiger partial charge in [0.25, 0.3) is 5.69 Å². The average Bonchev–Trinajstić information content (AvgIpc) is 2.38. The standard InChI is InChI=1S/C11H13BrN2O4S/c12-8-9-7-10(14(15)16)1-2-11(9)13-3-5-19(17,18)6-4-13/h1-2,7H,3-6,8H2. The molecule has 0 saturated carbocycles. The summed E-state index contributed by atoms with van der Waals surface area (Å²) in [7, 11) is -2.93. The molecule has 0 aromatic heterocycles. The number of hydrogen-bond acceptors (Lipinski definition) is 5. The van der Waals surface area contributed by atoms with Gasteiger partial charge in [-0.3, -0.25) is 10.1 Å². The highest BCUT2D eigenvalue weighted by Gasteiger charge is 2.23. The molecule has 0 amide bonds. The molecular formula is C11H13BrN2O4S. The van der Waals surface area contributed by atoms with Crippen molar-refractivity contribution in [1.82, 2.24) is 0 Å². The van der Waals surface area contributed by atoms with E-state index >= 15 is 0 Å². The van der Waals surface area contributed by atoms with E-state index in [2.05, 4.69) is 15.9 Å². The van der Waals surface area contributed by atoms with Gasteiger partial charge in [0.05, 0.1) is 16.4 Å². The number of rotatable bonds is 3. The van der Waals surface area contributed by atoms with Crippen molar-refractivity contribution in [3.8, 4) is 0 Å². The van der Waals surface area contributed by atoms with Gasteiger partial charge >= 0.3 is 0 Å². The fraction of sp³-hybridized carbons (Fsp3) is 0.455. The van der Waals surface area contributed by atoms with Crippen LogP contribution in [0.25, 0.3) is 0 Å². The fourth-order valence-electron chi connectivity index (χ4n) is 2.05. The molecule has 0 spiro atoms. The Morgan fingerprint density at radius 3 is 2.47 bits per heavy atom. The summed E-state index contributed by atoms with van der Waals surface area (Å²) in [5.41, 5.74) is 1.70. The Kier molecular flexibility index (Phi) is 4.10. The van der Waals surface area contributed by atoms with Crippen LogP contribution < -0.4 is 4.90 Å². The van der Waals surface area contributed by atoms with E-state index in [1.165, 1.54) is 12.1 Å². The Hall–Kier alpha value is -1.15. The van der Waals surface area contributed by atoms with Gasteiger partial charge in [0, 0.05) is 36.2 Å². The third kappa shape index (κ3) is 3.24. The number of halogens is 1. The lowest BCUT2D eigenvalue weighted by Gasteiger charge is -2.30. The van der Waals surface area contributed by atoms with Crippen molar-refractivity contribution in [2.45, 2.75) is 5.33 Å². The molecule has 1 aromatic carbocycles. The van der Waals surface area contributed by atoms with Crippen LogP contribution in [0.2, 0.25) is 0 Å². The monoisotopic (exact) mass is 348 g/mol. The number of alkyl halides is 1. The predicted molar refractivity (Wildman–Crippen MR) is 76.6 cm³/mol. The van der Waals surface area contributed by atoms with Crippen LogP contribution in [0.5, 0.6) is 0 Å². The molecule has 1 saturated heterocycles. The Labute approximate surface area is 119 Å². The van der Waals surface area contributed by atoms with Crippen LogP contribution in [-0.2, 0) is 15.2 Å². The van der Waals surface area contributed by atoms with Crippen molar-refractivity contribution in [1.29, 1.82) is 0 Å². The highest BCUT2D eigenvalue weighted by molar-refractivity contribution is 9.08. The first kappa shape index (κ1) is 14.3. The highest BCUT2D eigenvalue weighted by atomic mass is 79.9. The summed E-state index contributed by atoms with van der Waals surface area (Å²) in [6.07, 6.45) is 0. The third-order valence-electron chi connectivity index (χ3n) is 3.10. The predicted octanol–water partition coefficient (Wildman–Crippen LogP) is 1.72. The van der Waals surface area contributed by atoms with Crippen LogP contribution in [0.1, 0.15) is 5.56 Å². The van der Waals surface area contributed by atoms with Gasteiger partial charge in [0.1, 0.15) is 0 Å². The van der Waals surface area contributed by atoms with Crippen molar-refractivity contribution in [3.05, 3.63) is 33.9 Å². The highest BCUT2D eigenvalue weighted by Crippen LogP contribution is 2.28. The Morgan fingerprint density at radius 2 is 1.95 bits per heavy atom. The van der Waals surface area contributed by atoms with Crippen LogP contribution in [-0.4, -0.2) is 37.9 Å². The normalized spacial score (nSPS) is 18.3. The molecule has 2 rings (SSSR count). The summed E-state index contributed by atoms with van der Waals surface area (Å²) in [4.78, 5) is 12.3. The lowest BCUT2D eigenvalue weighted by Crippen LogP contribution is -2.40. The van der Waals surface area contributed by atoms with E-state index < -0.39 is 14.8 Å². The lowest BCUT2D eigenvalue weighted by molar-refractivity contribution is -0.384. The molecule has 19 heavy (non-hydrogen) atoms. The number of sulfone groups is 1. The lowest BCUT2D eigenvalue weighted by atomic mass is 10.1. The first-order chi connectivity index (χ1) is 8.93.